The molecular formula is C16H16FN5O. The summed E-state index contributed by atoms with van der Waals surface area (Å²) < 4.78 is 18.8. The number of nitrogens with zero attached hydrogens (tertiary/aromatic N) is 2. The van der Waals surface area contributed by atoms with Gasteiger partial charge in [0.15, 0.2) is 11.6 Å². The number of halogens is 1. The molecule has 0 spiro atoms. The zero-order valence-electron chi connectivity index (χ0n) is 12.4. The maximum absolute atomic E-state index is 13.2. The average Bonchev–Trinajstić information content (AvgIpc) is 2.97. The van der Waals surface area contributed by atoms with E-state index in [9.17, 15) is 4.39 Å². The topological polar surface area (TPSA) is 74.9 Å². The smallest absolute Gasteiger partial charge is 0.204 e. The Morgan fingerprint density at radius 2 is 2.26 bits per heavy atom. The van der Waals surface area contributed by atoms with E-state index >= 15 is 0 Å². The van der Waals surface area contributed by atoms with Gasteiger partial charge in [-0.1, -0.05) is 0 Å². The van der Waals surface area contributed by atoms with Crippen molar-refractivity contribution < 1.29 is 9.13 Å². The fraction of sp³-hybridized carbons (Fsp3) is 0.250. The third-order valence-electron chi connectivity index (χ3n) is 3.86. The molecule has 4 rings (SSSR count). The zero-order valence-corrected chi connectivity index (χ0v) is 12.4. The Kier molecular flexibility index (Phi) is 3.45. The number of hydrogen-bond donors (Lipinski definition) is 3. The number of hydrogen-bond acceptors (Lipinski definition) is 5. The van der Waals surface area contributed by atoms with Crippen molar-refractivity contribution in [1.82, 2.24) is 15.0 Å². The lowest BCUT2D eigenvalue weighted by Gasteiger charge is -2.20. The van der Waals surface area contributed by atoms with E-state index in [1.807, 2.05) is 6.20 Å². The Morgan fingerprint density at radius 3 is 3.22 bits per heavy atom. The molecule has 0 unspecified atom stereocenters. The summed E-state index contributed by atoms with van der Waals surface area (Å²) >= 11 is 0. The molecule has 1 aliphatic heterocycles. The van der Waals surface area contributed by atoms with E-state index in [0.717, 1.165) is 35.2 Å². The summed E-state index contributed by atoms with van der Waals surface area (Å²) in [5.41, 5.74) is 1.95. The van der Waals surface area contributed by atoms with Crippen LogP contribution >= 0.6 is 0 Å². The first-order chi connectivity index (χ1) is 11.3. The summed E-state index contributed by atoms with van der Waals surface area (Å²) in [6, 6.07) is 4.79. The second-order valence-corrected chi connectivity index (χ2v) is 5.36. The number of aromatic amines is 1. The molecule has 3 heterocycles. The molecule has 118 valence electrons. The van der Waals surface area contributed by atoms with Gasteiger partial charge in [-0.15, -0.1) is 0 Å². The van der Waals surface area contributed by atoms with Crippen LogP contribution < -0.4 is 15.4 Å². The Morgan fingerprint density at radius 1 is 1.30 bits per heavy atom. The highest BCUT2D eigenvalue weighted by atomic mass is 19.1. The standard InChI is InChI=1S/C16H16FN5O/c17-11-1-2-12-10(8-20-13(12)7-11)3-4-18-15-14-16(22-9-21-15)19-5-6-23-14/h1-2,7-9,20H,3-6H2,(H2,18,19,21,22). The monoisotopic (exact) mass is 313 g/mol. The molecule has 0 aliphatic carbocycles. The van der Waals surface area contributed by atoms with Crippen LogP contribution in [0.2, 0.25) is 0 Å². The third kappa shape index (κ3) is 2.65. The molecule has 2 aromatic heterocycles. The first kappa shape index (κ1) is 13.8. The predicted molar refractivity (Wildman–Crippen MR) is 86.5 cm³/mol. The molecule has 0 saturated heterocycles. The van der Waals surface area contributed by atoms with Crippen LogP contribution in [-0.2, 0) is 6.42 Å². The molecule has 23 heavy (non-hydrogen) atoms. The summed E-state index contributed by atoms with van der Waals surface area (Å²) in [5, 5.41) is 7.50. The Hall–Kier alpha value is -2.83. The van der Waals surface area contributed by atoms with E-state index in [1.165, 1.54) is 18.5 Å². The lowest BCUT2D eigenvalue weighted by Crippen LogP contribution is -2.21. The van der Waals surface area contributed by atoms with Gasteiger partial charge >= 0.3 is 0 Å². The van der Waals surface area contributed by atoms with E-state index in [2.05, 4.69) is 25.6 Å². The number of rotatable bonds is 4. The van der Waals surface area contributed by atoms with Crippen LogP contribution in [-0.4, -0.2) is 34.6 Å². The van der Waals surface area contributed by atoms with E-state index < -0.39 is 0 Å². The maximum Gasteiger partial charge on any atom is 0.204 e. The molecule has 0 amide bonds. The van der Waals surface area contributed by atoms with Crippen molar-refractivity contribution in [3.8, 4) is 5.75 Å². The van der Waals surface area contributed by atoms with Gasteiger partial charge < -0.3 is 20.4 Å². The minimum atomic E-state index is -0.235. The van der Waals surface area contributed by atoms with Gasteiger partial charge in [-0.3, -0.25) is 0 Å². The van der Waals surface area contributed by atoms with Gasteiger partial charge in [-0.05, 0) is 30.2 Å². The molecule has 3 N–H and O–H groups in total. The highest BCUT2D eigenvalue weighted by molar-refractivity contribution is 5.83. The second kappa shape index (κ2) is 5.75. The van der Waals surface area contributed by atoms with Gasteiger partial charge in [0, 0.05) is 23.6 Å². The lowest BCUT2D eigenvalue weighted by molar-refractivity contribution is 0.321. The first-order valence-electron chi connectivity index (χ1n) is 7.52. The van der Waals surface area contributed by atoms with E-state index in [0.29, 0.717) is 24.7 Å². The first-order valence-corrected chi connectivity index (χ1v) is 7.52. The van der Waals surface area contributed by atoms with Crippen LogP contribution in [0.15, 0.2) is 30.7 Å². The number of aromatic nitrogens is 3. The number of anilines is 2. The minimum Gasteiger partial charge on any atom is -0.485 e. The molecule has 1 aliphatic rings. The lowest BCUT2D eigenvalue weighted by atomic mass is 10.1. The summed E-state index contributed by atoms with van der Waals surface area (Å²) in [6.45, 7) is 2.04. The predicted octanol–water partition coefficient (Wildman–Crippen LogP) is 2.56. The SMILES string of the molecule is Fc1ccc2c(CCNc3ncnc4c3OCCN4)c[nH]c2c1. The Bertz CT molecular complexity index is 848. The quantitative estimate of drug-likeness (QED) is 0.690. The molecule has 0 saturated carbocycles. The van der Waals surface area contributed by atoms with Gasteiger partial charge in [-0.25, -0.2) is 14.4 Å². The molecule has 0 bridgehead atoms. The van der Waals surface area contributed by atoms with Gasteiger partial charge in [0.25, 0.3) is 0 Å². The largest absolute Gasteiger partial charge is 0.485 e. The van der Waals surface area contributed by atoms with E-state index in [-0.39, 0.29) is 5.82 Å². The molecule has 7 heteroatoms. The van der Waals surface area contributed by atoms with Crippen LogP contribution in [0.25, 0.3) is 10.9 Å². The van der Waals surface area contributed by atoms with Crippen molar-refractivity contribution >= 4 is 22.5 Å². The molecule has 1 aromatic carbocycles. The molecule has 0 atom stereocenters. The van der Waals surface area contributed by atoms with Crippen molar-refractivity contribution in [2.75, 3.05) is 30.3 Å². The fourth-order valence-corrected chi connectivity index (χ4v) is 2.77. The molecule has 6 nitrogen and oxygen atoms in total. The average molecular weight is 313 g/mol. The van der Waals surface area contributed by atoms with Crippen LogP contribution in [0, 0.1) is 5.82 Å². The Balaban J connectivity index is 1.47. The van der Waals surface area contributed by atoms with Crippen LogP contribution in [0.3, 0.4) is 0 Å². The van der Waals surface area contributed by atoms with Gasteiger partial charge in [0.2, 0.25) is 5.75 Å². The van der Waals surface area contributed by atoms with Gasteiger partial charge in [-0.2, -0.15) is 0 Å². The fourth-order valence-electron chi connectivity index (χ4n) is 2.77. The van der Waals surface area contributed by atoms with Crippen LogP contribution in [0.5, 0.6) is 5.75 Å². The second-order valence-electron chi connectivity index (χ2n) is 5.36. The Labute approximate surface area is 132 Å². The van der Waals surface area contributed by atoms with Crippen molar-refractivity contribution in [2.24, 2.45) is 0 Å². The van der Waals surface area contributed by atoms with Gasteiger partial charge in [0.1, 0.15) is 18.8 Å². The van der Waals surface area contributed by atoms with Crippen molar-refractivity contribution in [1.29, 1.82) is 0 Å². The summed E-state index contributed by atoms with van der Waals surface area (Å²) in [4.78, 5) is 11.5. The molecule has 0 fully saturated rings. The van der Waals surface area contributed by atoms with E-state index in [4.69, 9.17) is 4.74 Å². The van der Waals surface area contributed by atoms with Crippen molar-refractivity contribution in [2.45, 2.75) is 6.42 Å². The third-order valence-corrected chi connectivity index (χ3v) is 3.86. The number of fused-ring (bicyclic) bond motifs is 2. The highest BCUT2D eigenvalue weighted by Crippen LogP contribution is 2.31. The van der Waals surface area contributed by atoms with Crippen molar-refractivity contribution in [3.63, 3.8) is 0 Å². The van der Waals surface area contributed by atoms with Crippen LogP contribution in [0.1, 0.15) is 5.56 Å². The summed E-state index contributed by atoms with van der Waals surface area (Å²) in [6.07, 6.45) is 4.22. The summed E-state index contributed by atoms with van der Waals surface area (Å²) in [5.74, 6) is 1.84. The summed E-state index contributed by atoms with van der Waals surface area (Å²) in [7, 11) is 0. The molecule has 0 radical (unpaired) electrons. The maximum atomic E-state index is 13.2. The normalized spacial score (nSPS) is 13.3. The van der Waals surface area contributed by atoms with Crippen LogP contribution in [0.4, 0.5) is 16.0 Å². The minimum absolute atomic E-state index is 0.235. The number of ether oxygens (including phenoxy) is 1. The molecular weight excluding hydrogens is 297 g/mol. The number of benzene rings is 1. The number of H-pyrrole nitrogens is 1. The number of nitrogens with one attached hydrogen (secondary N) is 3. The van der Waals surface area contributed by atoms with Gasteiger partial charge in [0.05, 0.1) is 6.54 Å². The molecule has 3 aromatic rings. The highest BCUT2D eigenvalue weighted by Gasteiger charge is 2.16. The zero-order chi connectivity index (χ0) is 15.6. The van der Waals surface area contributed by atoms with Crippen molar-refractivity contribution in [3.05, 3.63) is 42.1 Å². The van der Waals surface area contributed by atoms with E-state index in [1.54, 1.807) is 6.07 Å².